The van der Waals surface area contributed by atoms with Crippen LogP contribution in [-0.4, -0.2) is 126 Å². The quantitative estimate of drug-likeness (QED) is 0.0366. The van der Waals surface area contributed by atoms with E-state index in [0.717, 1.165) is 82.5 Å². The highest BCUT2D eigenvalue weighted by Gasteiger charge is 2.41. The third-order valence-corrected chi connectivity index (χ3v) is 16.5. The van der Waals surface area contributed by atoms with Gasteiger partial charge in [-0.2, -0.15) is 9.59 Å². The van der Waals surface area contributed by atoms with Gasteiger partial charge < -0.3 is 30.1 Å². The molecular weight excluding hydrogens is 1000 g/mol. The molecule has 8 rings (SSSR count). The molecule has 0 unspecified atom stereocenters. The number of hydrogen-bond acceptors (Lipinski definition) is 16. The molecule has 0 radical (unpaired) electrons. The van der Waals surface area contributed by atoms with Crippen molar-refractivity contribution in [2.24, 2.45) is 10.9 Å². The molecule has 2 amide bonds. The van der Waals surface area contributed by atoms with Crippen LogP contribution in [0.1, 0.15) is 162 Å². The number of methoxy groups -OCH3 is 1. The number of benzene rings is 1. The summed E-state index contributed by atoms with van der Waals surface area (Å²) in [6, 6.07) is 12.5. The molecule has 5 aliphatic rings. The van der Waals surface area contributed by atoms with Crippen molar-refractivity contribution in [3.8, 4) is 5.75 Å². The van der Waals surface area contributed by atoms with Crippen LogP contribution in [0.25, 0.3) is 33.3 Å². The summed E-state index contributed by atoms with van der Waals surface area (Å²) in [5.74, 6) is -3.93. The Kier molecular flexibility index (Phi) is 18.4. The number of imide groups is 1. The lowest BCUT2D eigenvalue weighted by atomic mass is 9.86. The number of ether oxygens (including phenoxy) is 2. The molecule has 4 N–H and O–H groups in total. The summed E-state index contributed by atoms with van der Waals surface area (Å²) >= 11 is 0. The van der Waals surface area contributed by atoms with E-state index in [-0.39, 0.29) is 60.6 Å². The third-order valence-electron chi connectivity index (χ3n) is 14.7. The highest BCUT2D eigenvalue weighted by atomic mass is 32.2. The Bertz CT molecular complexity index is 3320. The van der Waals surface area contributed by atoms with Crippen molar-refractivity contribution >= 4 is 84.6 Å². The number of rotatable bonds is 20. The highest BCUT2D eigenvalue weighted by molar-refractivity contribution is 7.91. The number of allylic oxidation sites excluding steroid dienone is 5. The van der Waals surface area contributed by atoms with E-state index in [2.05, 4.69) is 46.0 Å². The van der Waals surface area contributed by atoms with Crippen molar-refractivity contribution in [1.82, 2.24) is 35.5 Å². The van der Waals surface area contributed by atoms with Gasteiger partial charge in [0.05, 0.1) is 77.0 Å². The summed E-state index contributed by atoms with van der Waals surface area (Å²) in [5, 5.41) is 6.36. The molecule has 8 bridgehead atoms. The molecule has 5 aliphatic heterocycles. The lowest BCUT2D eigenvalue weighted by molar-refractivity contribution is -0.191. The molecular formula is C57H66N8O11S. The molecule has 19 nitrogen and oxygen atoms in total. The minimum atomic E-state index is -3.95. The SMILES string of the molecule is C=CC1=C(C)c2cc3[nH]c(c4c5[nH]c(cc6nc(cc1n2)C(C)=C6CC)c(C)c5C(=O)N(CC(=O)CCCS(=O)(=O)C[C@@H](CCC(=O)c1ccc(OCCNC2=NCCCN2)cc1)C(=O)OC)C4=O)[C@@H](CC)[C@@H]3C.O=C=O. The van der Waals surface area contributed by atoms with Gasteiger partial charge in [-0.05, 0) is 118 Å². The Morgan fingerprint density at radius 2 is 1.65 bits per heavy atom. The highest BCUT2D eigenvalue weighted by Crippen LogP contribution is 2.44. The Morgan fingerprint density at radius 3 is 2.31 bits per heavy atom. The molecule has 2 aromatic heterocycles. The van der Waals surface area contributed by atoms with Gasteiger partial charge in [0, 0.05) is 65.8 Å². The standard InChI is InChI=1S/C56H66N8O9S.CO2/c1-9-39-31(4)42-26-44-33(6)41(11-3)51(62-44)50-52-49(34(7)45(63-52)28-47-40(10-2)32(5)43(61-47)27-46(39)60-42)53(67)64(54(50)68)29-37(65)14-12-25-74(70,71)30-36(55(69)72-8)17-20-48(66)35-15-18-38(19-16-35)73-24-23-59-56-57-21-13-22-58-56;2-1-3/h9,15-16,18-19,26-28,33,36,41,62-63H,1,10-14,17,20-25,29-30H2,2-8H3,(H2,57,58,59);/t33-,36+,41-;/m0./s1. The number of esters is 1. The number of aromatic amines is 2. The minimum absolute atomic E-state index is 0.0735. The summed E-state index contributed by atoms with van der Waals surface area (Å²) in [5.41, 5.74) is 10.8. The first-order valence-electron chi connectivity index (χ1n) is 25.9. The fourth-order valence-electron chi connectivity index (χ4n) is 10.5. The van der Waals surface area contributed by atoms with E-state index in [1.54, 1.807) is 30.3 Å². The summed E-state index contributed by atoms with van der Waals surface area (Å²) < 4.78 is 37.8. The summed E-state index contributed by atoms with van der Waals surface area (Å²) in [4.78, 5) is 108. The Labute approximate surface area is 447 Å². The monoisotopic (exact) mass is 1070 g/mol. The molecule has 3 aromatic rings. The fraction of sp³-hybridized carbons (Fsp3) is 0.421. The maximum Gasteiger partial charge on any atom is 0.373 e. The van der Waals surface area contributed by atoms with E-state index in [1.165, 1.54) is 0 Å². The van der Waals surface area contributed by atoms with Gasteiger partial charge in [-0.3, -0.25) is 33.9 Å². The molecule has 406 valence electrons. The molecule has 0 saturated heterocycles. The largest absolute Gasteiger partial charge is 0.492 e. The van der Waals surface area contributed by atoms with Gasteiger partial charge in [0.1, 0.15) is 12.4 Å². The van der Waals surface area contributed by atoms with Crippen LogP contribution in [0.2, 0.25) is 0 Å². The molecule has 0 spiro atoms. The van der Waals surface area contributed by atoms with Crippen molar-refractivity contribution in [3.63, 3.8) is 0 Å². The number of guanidine groups is 1. The number of nitrogens with one attached hydrogen (secondary N) is 4. The average molecular weight is 1070 g/mol. The number of nitrogens with zero attached hydrogens (tertiary/aromatic N) is 4. The number of amides is 2. The van der Waals surface area contributed by atoms with Crippen LogP contribution in [0.5, 0.6) is 5.75 Å². The Morgan fingerprint density at radius 1 is 0.948 bits per heavy atom. The van der Waals surface area contributed by atoms with Gasteiger partial charge >= 0.3 is 12.1 Å². The lowest BCUT2D eigenvalue weighted by Crippen LogP contribution is -2.44. The fourth-order valence-corrected chi connectivity index (χ4v) is 12.1. The van der Waals surface area contributed by atoms with E-state index < -0.39 is 57.4 Å². The Hall–Kier alpha value is -7.83. The number of fused-ring (bicyclic) bond motifs is 8. The topological polar surface area (TPSA) is 269 Å². The van der Waals surface area contributed by atoms with E-state index in [0.29, 0.717) is 65.3 Å². The van der Waals surface area contributed by atoms with Crippen LogP contribution < -0.4 is 15.4 Å². The summed E-state index contributed by atoms with van der Waals surface area (Å²) in [6.07, 6.45) is 3.83. The zero-order valence-corrected chi connectivity index (χ0v) is 45.5. The van der Waals surface area contributed by atoms with Gasteiger partial charge in [0.15, 0.2) is 27.4 Å². The number of aromatic nitrogens is 4. The molecule has 1 aromatic carbocycles. The number of hydrogen-bond donors (Lipinski definition) is 4. The lowest BCUT2D eigenvalue weighted by Gasteiger charge is -2.26. The van der Waals surface area contributed by atoms with Gasteiger partial charge in [-0.15, -0.1) is 0 Å². The third kappa shape index (κ3) is 12.6. The first-order chi connectivity index (χ1) is 36.9. The molecule has 77 heavy (non-hydrogen) atoms. The smallest absolute Gasteiger partial charge is 0.373 e. The number of ketones is 2. The summed E-state index contributed by atoms with van der Waals surface area (Å²) in [6.45, 7) is 18.1. The van der Waals surface area contributed by atoms with Crippen molar-refractivity contribution in [1.29, 1.82) is 0 Å². The molecule has 0 fully saturated rings. The second kappa shape index (κ2) is 24.9. The number of Topliss-reactive ketones (excluding diaryl/α,β-unsaturated/α-hetero) is 2. The van der Waals surface area contributed by atoms with Crippen LogP contribution in [0, 0.1) is 12.8 Å². The summed E-state index contributed by atoms with van der Waals surface area (Å²) in [7, 11) is -2.79. The molecule has 3 atom stereocenters. The minimum Gasteiger partial charge on any atom is -0.492 e. The predicted molar refractivity (Wildman–Crippen MR) is 291 cm³/mol. The van der Waals surface area contributed by atoms with Crippen LogP contribution >= 0.6 is 0 Å². The van der Waals surface area contributed by atoms with Crippen LogP contribution in [-0.2, 0) is 33.8 Å². The number of H-pyrrole nitrogens is 2. The average Bonchev–Trinajstić information content (AvgIpc) is 4.17. The Balaban J connectivity index is 0.00000280. The van der Waals surface area contributed by atoms with E-state index >= 15 is 0 Å². The zero-order valence-electron chi connectivity index (χ0n) is 44.6. The first kappa shape index (κ1) is 56.9. The predicted octanol–water partition coefficient (Wildman–Crippen LogP) is 7.65. The number of sulfone groups is 1. The zero-order chi connectivity index (χ0) is 55.7. The second-order valence-corrected chi connectivity index (χ2v) is 21.7. The van der Waals surface area contributed by atoms with E-state index in [9.17, 15) is 32.4 Å². The molecule has 0 aliphatic carbocycles. The normalized spacial score (nSPS) is 16.8. The van der Waals surface area contributed by atoms with Gasteiger partial charge in [0.25, 0.3) is 11.8 Å². The number of carbonyl (C=O) groups is 5. The molecule has 0 saturated carbocycles. The number of carbonyl (C=O) groups excluding carboxylic acids is 7. The van der Waals surface area contributed by atoms with Crippen LogP contribution in [0.15, 0.2) is 60.1 Å². The van der Waals surface area contributed by atoms with Crippen LogP contribution in [0.3, 0.4) is 0 Å². The molecule has 20 heteroatoms. The first-order valence-corrected chi connectivity index (χ1v) is 27.8. The van der Waals surface area contributed by atoms with Gasteiger partial charge in [0.2, 0.25) is 0 Å². The van der Waals surface area contributed by atoms with Crippen molar-refractivity contribution < 1.29 is 51.5 Å². The maximum atomic E-state index is 14.9. The molecule has 7 heterocycles. The second-order valence-electron chi connectivity index (χ2n) is 19.5. The van der Waals surface area contributed by atoms with E-state index in [4.69, 9.17) is 29.0 Å². The van der Waals surface area contributed by atoms with E-state index in [1.807, 2.05) is 45.9 Å². The number of aliphatic imine (C=N–C) groups is 1. The van der Waals surface area contributed by atoms with Crippen molar-refractivity contribution in [2.75, 3.05) is 51.4 Å². The maximum absolute atomic E-state index is 14.9. The van der Waals surface area contributed by atoms with Crippen molar-refractivity contribution in [2.45, 2.75) is 98.3 Å². The van der Waals surface area contributed by atoms with Crippen molar-refractivity contribution in [3.05, 3.63) is 112 Å². The number of aryl methyl sites for hydroxylation is 1. The van der Waals surface area contributed by atoms with Gasteiger partial charge in [-0.25, -0.2) is 18.4 Å². The van der Waals surface area contributed by atoms with Crippen LogP contribution in [0.4, 0.5) is 0 Å². The van der Waals surface area contributed by atoms with Gasteiger partial charge in [-0.1, -0.05) is 33.4 Å².